The summed E-state index contributed by atoms with van der Waals surface area (Å²) in [7, 11) is 0. The monoisotopic (exact) mass is 243 g/mol. The van der Waals surface area contributed by atoms with Gasteiger partial charge in [0.1, 0.15) is 0 Å². The highest BCUT2D eigenvalue weighted by atomic mass is 16.5. The Labute approximate surface area is 102 Å². The van der Waals surface area contributed by atoms with Gasteiger partial charge in [-0.1, -0.05) is 19.3 Å². The number of hydrogen-bond acceptors (Lipinski definition) is 4. The van der Waals surface area contributed by atoms with Crippen LogP contribution in [0.2, 0.25) is 0 Å². The normalized spacial score (nSPS) is 12.4. The fourth-order valence-electron chi connectivity index (χ4n) is 1.32. The van der Waals surface area contributed by atoms with Gasteiger partial charge >= 0.3 is 5.97 Å². The first kappa shape index (κ1) is 15.9. The van der Waals surface area contributed by atoms with Crippen LogP contribution in [0.4, 0.5) is 0 Å². The van der Waals surface area contributed by atoms with Crippen LogP contribution >= 0.6 is 0 Å². The average Bonchev–Trinajstić information content (AvgIpc) is 2.24. The van der Waals surface area contributed by atoms with Gasteiger partial charge < -0.3 is 14.9 Å². The third kappa shape index (κ3) is 9.82. The Kier molecular flexibility index (Phi) is 9.44. The van der Waals surface area contributed by atoms with E-state index >= 15 is 0 Å². The van der Waals surface area contributed by atoms with E-state index in [1.807, 2.05) is 0 Å². The lowest BCUT2D eigenvalue weighted by atomic mass is 10.3. The molecule has 0 aliphatic carbocycles. The molecule has 0 fully saturated rings. The van der Waals surface area contributed by atoms with E-state index in [-0.39, 0.29) is 26.2 Å². The summed E-state index contributed by atoms with van der Waals surface area (Å²) in [5.41, 5.74) is 0. The molecule has 0 spiro atoms. The molecule has 0 bridgehead atoms. The molecule has 17 heavy (non-hydrogen) atoms. The number of carbonyl (C=O) groups is 1. The van der Waals surface area contributed by atoms with Crippen molar-refractivity contribution in [1.29, 1.82) is 0 Å². The second-order valence-corrected chi connectivity index (χ2v) is 3.85. The third-order valence-corrected chi connectivity index (χ3v) is 2.10. The highest BCUT2D eigenvalue weighted by molar-refractivity contribution is 5.69. The SMILES string of the molecule is C#CCN(CC(=O)O)CC(O)COCCCC. The van der Waals surface area contributed by atoms with Crippen LogP contribution in [-0.2, 0) is 9.53 Å². The minimum atomic E-state index is -0.959. The van der Waals surface area contributed by atoms with Crippen molar-refractivity contribution in [2.75, 3.05) is 32.8 Å². The maximum atomic E-state index is 10.5. The van der Waals surface area contributed by atoms with Crippen molar-refractivity contribution >= 4 is 5.97 Å². The molecular formula is C12H21NO4. The number of aliphatic carboxylic acids is 1. The summed E-state index contributed by atoms with van der Waals surface area (Å²) in [5, 5.41) is 18.3. The molecule has 0 aliphatic heterocycles. The highest BCUT2D eigenvalue weighted by Crippen LogP contribution is 1.95. The van der Waals surface area contributed by atoms with Crippen LogP contribution in [0.5, 0.6) is 0 Å². The van der Waals surface area contributed by atoms with Crippen LogP contribution in [0.1, 0.15) is 19.8 Å². The van der Waals surface area contributed by atoms with E-state index in [1.165, 1.54) is 4.90 Å². The molecule has 5 nitrogen and oxygen atoms in total. The minimum absolute atomic E-state index is 0.170. The van der Waals surface area contributed by atoms with Crippen molar-refractivity contribution in [3.63, 3.8) is 0 Å². The zero-order chi connectivity index (χ0) is 13.1. The Bertz CT molecular complexity index is 249. The number of carboxylic acids is 1. The maximum absolute atomic E-state index is 10.5. The first-order chi connectivity index (χ1) is 8.10. The summed E-state index contributed by atoms with van der Waals surface area (Å²) in [6.45, 7) is 3.13. The standard InChI is InChI=1S/C12H21NO4/c1-3-5-7-17-10-11(14)8-13(6-4-2)9-12(15)16/h2,11,14H,3,5-10H2,1H3,(H,15,16). The van der Waals surface area contributed by atoms with Gasteiger partial charge in [0.2, 0.25) is 0 Å². The number of rotatable bonds is 10. The van der Waals surface area contributed by atoms with E-state index in [9.17, 15) is 9.90 Å². The Morgan fingerprint density at radius 1 is 1.59 bits per heavy atom. The van der Waals surface area contributed by atoms with Crippen LogP contribution in [0.15, 0.2) is 0 Å². The molecule has 0 radical (unpaired) electrons. The number of hydrogen-bond donors (Lipinski definition) is 2. The zero-order valence-electron chi connectivity index (χ0n) is 10.3. The molecule has 0 aliphatic rings. The fraction of sp³-hybridized carbons (Fsp3) is 0.750. The topological polar surface area (TPSA) is 70.0 Å². The predicted octanol–water partition coefficient (Wildman–Crippen LogP) is 0.184. The summed E-state index contributed by atoms with van der Waals surface area (Å²) < 4.78 is 5.24. The molecule has 0 rings (SSSR count). The molecule has 1 atom stereocenters. The van der Waals surface area contributed by atoms with Gasteiger partial charge in [0.15, 0.2) is 0 Å². The molecule has 0 amide bonds. The largest absolute Gasteiger partial charge is 0.480 e. The van der Waals surface area contributed by atoms with Crippen molar-refractivity contribution in [3.8, 4) is 12.3 Å². The molecule has 2 N–H and O–H groups in total. The number of carboxylic acid groups (broad SMARTS) is 1. The third-order valence-electron chi connectivity index (χ3n) is 2.10. The van der Waals surface area contributed by atoms with Crippen LogP contribution in [-0.4, -0.2) is 60.0 Å². The Morgan fingerprint density at radius 2 is 2.29 bits per heavy atom. The van der Waals surface area contributed by atoms with Crippen molar-refractivity contribution < 1.29 is 19.7 Å². The lowest BCUT2D eigenvalue weighted by molar-refractivity contribution is -0.138. The molecule has 0 aromatic heterocycles. The molecule has 0 heterocycles. The predicted molar refractivity (Wildman–Crippen MR) is 64.6 cm³/mol. The molecule has 0 aromatic rings. The quantitative estimate of drug-likeness (QED) is 0.423. The van der Waals surface area contributed by atoms with Gasteiger partial charge in [-0.25, -0.2) is 0 Å². The summed E-state index contributed by atoms with van der Waals surface area (Å²) in [4.78, 5) is 12.0. The number of unbranched alkanes of at least 4 members (excludes halogenated alkanes) is 1. The number of terminal acetylenes is 1. The lowest BCUT2D eigenvalue weighted by Crippen LogP contribution is -2.38. The molecule has 1 unspecified atom stereocenters. The van der Waals surface area contributed by atoms with Gasteiger partial charge in [-0.3, -0.25) is 9.69 Å². The number of aliphatic hydroxyl groups excluding tert-OH is 1. The number of nitrogens with zero attached hydrogens (tertiary/aromatic N) is 1. The zero-order valence-corrected chi connectivity index (χ0v) is 10.3. The minimum Gasteiger partial charge on any atom is -0.480 e. The first-order valence-corrected chi connectivity index (χ1v) is 5.73. The van der Waals surface area contributed by atoms with Gasteiger partial charge in [-0.15, -0.1) is 6.42 Å². The second-order valence-electron chi connectivity index (χ2n) is 3.85. The molecule has 5 heteroatoms. The van der Waals surface area contributed by atoms with Gasteiger partial charge in [-0.05, 0) is 6.42 Å². The maximum Gasteiger partial charge on any atom is 0.317 e. The van der Waals surface area contributed by atoms with E-state index in [0.717, 1.165) is 12.8 Å². The van der Waals surface area contributed by atoms with E-state index in [4.69, 9.17) is 16.3 Å². The Morgan fingerprint density at radius 3 is 2.82 bits per heavy atom. The molecular weight excluding hydrogens is 222 g/mol. The van der Waals surface area contributed by atoms with Crippen LogP contribution < -0.4 is 0 Å². The first-order valence-electron chi connectivity index (χ1n) is 5.73. The Balaban J connectivity index is 3.82. The molecule has 0 saturated carbocycles. The number of ether oxygens (including phenoxy) is 1. The van der Waals surface area contributed by atoms with Crippen molar-refractivity contribution in [3.05, 3.63) is 0 Å². The summed E-state index contributed by atoms with van der Waals surface area (Å²) in [6.07, 6.45) is 6.41. The highest BCUT2D eigenvalue weighted by Gasteiger charge is 2.13. The molecule has 98 valence electrons. The van der Waals surface area contributed by atoms with E-state index in [0.29, 0.717) is 6.61 Å². The van der Waals surface area contributed by atoms with Crippen molar-refractivity contribution in [1.82, 2.24) is 4.90 Å². The van der Waals surface area contributed by atoms with Gasteiger partial charge in [-0.2, -0.15) is 0 Å². The second kappa shape index (κ2) is 10.1. The molecule has 0 saturated heterocycles. The van der Waals surface area contributed by atoms with Crippen molar-refractivity contribution in [2.24, 2.45) is 0 Å². The fourth-order valence-corrected chi connectivity index (χ4v) is 1.32. The number of aliphatic hydroxyl groups is 1. The van der Waals surface area contributed by atoms with E-state index in [2.05, 4.69) is 12.8 Å². The van der Waals surface area contributed by atoms with Gasteiger partial charge in [0, 0.05) is 13.2 Å². The van der Waals surface area contributed by atoms with E-state index < -0.39 is 12.1 Å². The van der Waals surface area contributed by atoms with Crippen LogP contribution in [0.3, 0.4) is 0 Å². The van der Waals surface area contributed by atoms with Crippen molar-refractivity contribution in [2.45, 2.75) is 25.9 Å². The Hall–Kier alpha value is -1.09. The van der Waals surface area contributed by atoms with Gasteiger partial charge in [0.05, 0.1) is 25.8 Å². The van der Waals surface area contributed by atoms with Crippen LogP contribution in [0.25, 0.3) is 0 Å². The van der Waals surface area contributed by atoms with E-state index in [1.54, 1.807) is 0 Å². The summed E-state index contributed by atoms with van der Waals surface area (Å²) in [6, 6.07) is 0. The smallest absolute Gasteiger partial charge is 0.317 e. The average molecular weight is 243 g/mol. The lowest BCUT2D eigenvalue weighted by Gasteiger charge is -2.21. The molecule has 0 aromatic carbocycles. The summed E-state index contributed by atoms with van der Waals surface area (Å²) in [5.74, 6) is 1.41. The van der Waals surface area contributed by atoms with Crippen LogP contribution in [0, 0.1) is 12.3 Å². The summed E-state index contributed by atoms with van der Waals surface area (Å²) >= 11 is 0. The van der Waals surface area contributed by atoms with Gasteiger partial charge in [0.25, 0.3) is 0 Å².